The van der Waals surface area contributed by atoms with Gasteiger partial charge < -0.3 is 24.6 Å². The second kappa shape index (κ2) is 8.98. The Balaban J connectivity index is 3.46. The molecule has 15 heteroatoms. The minimum Gasteiger partial charge on any atom is -0.454 e. The molecule has 1 saturated heterocycles. The van der Waals surface area contributed by atoms with E-state index < -0.39 is 69.0 Å². The van der Waals surface area contributed by atoms with Crippen molar-refractivity contribution in [1.29, 1.82) is 0 Å². The van der Waals surface area contributed by atoms with Crippen LogP contribution in [-0.4, -0.2) is 90.4 Å². The molecule has 2 N–H and O–H groups in total. The van der Waals surface area contributed by atoms with E-state index in [1.54, 1.807) is 0 Å². The lowest BCUT2D eigenvalue weighted by atomic mass is 9.93. The summed E-state index contributed by atoms with van der Waals surface area (Å²) < 4.78 is 70.8. The molecule has 0 spiro atoms. The van der Waals surface area contributed by atoms with E-state index in [0.717, 1.165) is 27.2 Å². The maximum atomic E-state index is 11.7. The van der Waals surface area contributed by atoms with Crippen molar-refractivity contribution in [2.45, 2.75) is 44.2 Å². The van der Waals surface area contributed by atoms with Gasteiger partial charge in [0, 0.05) is 21.0 Å². The zero-order chi connectivity index (χ0) is 21.9. The van der Waals surface area contributed by atoms with Crippen LogP contribution in [0.3, 0.4) is 0 Å². The summed E-state index contributed by atoms with van der Waals surface area (Å²) in [6.07, 6.45) is -5.43. The summed E-state index contributed by atoms with van der Waals surface area (Å²) in [5.74, 6) is -1.76. The van der Waals surface area contributed by atoms with Crippen LogP contribution in [0.25, 0.3) is 0 Å². The molecule has 0 radical (unpaired) electrons. The fraction of sp³-hybridized carbons (Fsp3) is 0.846. The second-order valence-corrected chi connectivity index (χ2v) is 9.28. The van der Waals surface area contributed by atoms with Crippen LogP contribution in [0.2, 0.25) is 0 Å². The van der Waals surface area contributed by atoms with E-state index in [1.165, 1.54) is 0 Å². The van der Waals surface area contributed by atoms with Gasteiger partial charge in [0.05, 0.1) is 19.1 Å². The summed E-state index contributed by atoms with van der Waals surface area (Å²) in [5, 5.41) is 13.0. The third-order valence-corrected chi connectivity index (χ3v) is 4.51. The quantitative estimate of drug-likeness (QED) is 0.225. The zero-order valence-electron chi connectivity index (χ0n) is 15.8. The first-order chi connectivity index (χ1) is 12.6. The molecular weight excluding hydrogens is 426 g/mol. The average molecular weight is 449 g/mol. The summed E-state index contributed by atoms with van der Waals surface area (Å²) in [5.41, 5.74) is -2.57. The largest absolute Gasteiger partial charge is 0.454 e. The Morgan fingerprint density at radius 3 is 2.11 bits per heavy atom. The topological polar surface area (TPSA) is 181 Å². The average Bonchev–Trinajstić information content (AvgIpc) is 2.47. The van der Waals surface area contributed by atoms with Crippen molar-refractivity contribution in [2.75, 3.05) is 26.2 Å². The van der Waals surface area contributed by atoms with E-state index in [9.17, 15) is 31.5 Å². The van der Waals surface area contributed by atoms with E-state index in [-0.39, 0.29) is 0 Å². The fourth-order valence-electron chi connectivity index (χ4n) is 2.54. The lowest BCUT2D eigenvalue weighted by molar-refractivity contribution is -0.338. The van der Waals surface area contributed by atoms with E-state index in [1.807, 2.05) is 0 Å². The monoisotopic (exact) mass is 449 g/mol. The van der Waals surface area contributed by atoms with Gasteiger partial charge in [-0.2, -0.15) is 16.8 Å². The zero-order valence-corrected chi connectivity index (χ0v) is 17.4. The van der Waals surface area contributed by atoms with Crippen LogP contribution in [0.1, 0.15) is 13.8 Å². The van der Waals surface area contributed by atoms with E-state index >= 15 is 0 Å². The van der Waals surface area contributed by atoms with Gasteiger partial charge >= 0.3 is 5.97 Å². The molecule has 5 atom stereocenters. The minimum atomic E-state index is -4.22. The Kier molecular flexibility index (Phi) is 7.91. The highest BCUT2D eigenvalue weighted by molar-refractivity contribution is 7.86. The molecule has 0 unspecified atom stereocenters. The molecule has 0 aliphatic carbocycles. The normalized spacial score (nSPS) is 31.2. The molecule has 1 aliphatic rings. The predicted octanol–water partition coefficient (Wildman–Crippen LogP) is -2.56. The number of carbonyl (C=O) groups is 2. The highest BCUT2D eigenvalue weighted by Gasteiger charge is 2.60. The number of amides is 1. The number of esters is 1. The Hall–Kier alpha value is -1.36. The number of ether oxygens (including phenoxy) is 3. The van der Waals surface area contributed by atoms with Crippen LogP contribution < -0.4 is 5.32 Å². The molecule has 164 valence electrons. The summed E-state index contributed by atoms with van der Waals surface area (Å²) >= 11 is 0. The summed E-state index contributed by atoms with van der Waals surface area (Å²) in [4.78, 5) is 23.1. The van der Waals surface area contributed by atoms with Gasteiger partial charge in [-0.25, -0.2) is 0 Å². The molecule has 0 aromatic rings. The van der Waals surface area contributed by atoms with E-state index in [0.29, 0.717) is 6.26 Å². The summed E-state index contributed by atoms with van der Waals surface area (Å²) in [6, 6.07) is 0. The molecule has 1 heterocycles. The Bertz CT molecular complexity index is 794. The van der Waals surface area contributed by atoms with Crippen LogP contribution in [0.4, 0.5) is 0 Å². The Labute approximate surface area is 162 Å². The van der Waals surface area contributed by atoms with Crippen LogP contribution in [-0.2, 0) is 52.4 Å². The Morgan fingerprint density at radius 2 is 1.71 bits per heavy atom. The molecule has 1 fully saturated rings. The molecule has 0 saturated carbocycles. The third-order valence-electron chi connectivity index (χ3n) is 3.37. The fourth-order valence-corrected chi connectivity index (χ4v) is 3.55. The van der Waals surface area contributed by atoms with Crippen LogP contribution in [0, 0.1) is 0 Å². The van der Waals surface area contributed by atoms with Crippen LogP contribution in [0.5, 0.6) is 0 Å². The molecule has 0 bridgehead atoms. The Morgan fingerprint density at radius 1 is 1.14 bits per heavy atom. The second-order valence-electron chi connectivity index (χ2n) is 6.03. The van der Waals surface area contributed by atoms with Crippen LogP contribution >= 0.6 is 0 Å². The van der Waals surface area contributed by atoms with E-state index in [2.05, 4.69) is 9.50 Å². The molecule has 1 rings (SSSR count). The van der Waals surface area contributed by atoms with Gasteiger partial charge in [0.15, 0.2) is 6.10 Å². The molecule has 0 aromatic carbocycles. The first-order valence-electron chi connectivity index (χ1n) is 7.68. The molecule has 28 heavy (non-hydrogen) atoms. The highest BCUT2D eigenvalue weighted by Crippen LogP contribution is 2.34. The number of hydrogen-bond donors (Lipinski definition) is 2. The summed E-state index contributed by atoms with van der Waals surface area (Å²) in [6.45, 7) is 1.23. The summed E-state index contributed by atoms with van der Waals surface area (Å²) in [7, 11) is -7.11. The number of rotatable bonds is 8. The predicted molar refractivity (Wildman–Crippen MR) is 90.5 cm³/mol. The molecule has 13 nitrogen and oxygen atoms in total. The molecule has 0 aromatic heterocycles. The lowest BCUT2D eigenvalue weighted by Gasteiger charge is -2.49. The number of carbonyl (C=O) groups excluding carboxylic acids is 2. The maximum absolute atomic E-state index is 11.7. The first kappa shape index (κ1) is 24.7. The number of nitrogens with one attached hydrogen (secondary N) is 1. The van der Waals surface area contributed by atoms with Gasteiger partial charge in [-0.1, -0.05) is 0 Å². The lowest BCUT2D eigenvalue weighted by Crippen LogP contribution is -2.75. The van der Waals surface area contributed by atoms with Crippen molar-refractivity contribution in [2.24, 2.45) is 0 Å². The molecule has 1 aliphatic heterocycles. The number of hydrogen-bond acceptors (Lipinski definition) is 12. The highest BCUT2D eigenvalue weighted by atomic mass is 32.2. The smallest absolute Gasteiger partial charge is 0.303 e. The first-order valence-corrected chi connectivity index (χ1v) is 11.3. The molecular formula is C13H23NO12S2. The molecule has 1 amide bonds. The minimum absolute atomic E-state index is 0.673. The van der Waals surface area contributed by atoms with Crippen molar-refractivity contribution in [3.63, 3.8) is 0 Å². The standard InChI is InChI=1S/C13H23NO12S2/c1-7(15)14-13(17)11(24-8(2)16)10(26-28(5,20)21)9(25-12(13)22-3)6-23-27(4,18)19/h9-12,17H,6H2,1-5H3,(H,14,15)/t9-,10-,11+,12+,13-/m1/s1. The van der Waals surface area contributed by atoms with Gasteiger partial charge in [0.25, 0.3) is 20.2 Å². The van der Waals surface area contributed by atoms with Crippen molar-refractivity contribution in [1.82, 2.24) is 5.32 Å². The third kappa shape index (κ3) is 6.91. The van der Waals surface area contributed by atoms with Gasteiger partial charge in [0.1, 0.15) is 12.2 Å². The van der Waals surface area contributed by atoms with Gasteiger partial charge in [0.2, 0.25) is 17.9 Å². The van der Waals surface area contributed by atoms with Gasteiger partial charge in [-0.15, -0.1) is 0 Å². The SMILES string of the molecule is CO[C@H]1O[C@H](COS(C)(=O)=O)[C@@H](OS(C)(=O)=O)[C@H](OC(C)=O)[C@]1(O)NC(C)=O. The van der Waals surface area contributed by atoms with Crippen molar-refractivity contribution < 1.29 is 54.1 Å². The van der Waals surface area contributed by atoms with E-state index in [4.69, 9.17) is 18.4 Å². The van der Waals surface area contributed by atoms with Crippen molar-refractivity contribution in [3.8, 4) is 0 Å². The van der Waals surface area contributed by atoms with Crippen LogP contribution in [0.15, 0.2) is 0 Å². The van der Waals surface area contributed by atoms with Gasteiger partial charge in [-0.3, -0.25) is 18.0 Å². The number of methoxy groups -OCH3 is 1. The maximum Gasteiger partial charge on any atom is 0.303 e. The van der Waals surface area contributed by atoms with Gasteiger partial charge in [-0.05, 0) is 0 Å². The van der Waals surface area contributed by atoms with Crippen molar-refractivity contribution in [3.05, 3.63) is 0 Å². The van der Waals surface area contributed by atoms with Crippen molar-refractivity contribution >= 4 is 32.1 Å². The number of aliphatic hydroxyl groups is 1.